The molecule has 1 atom stereocenters. The summed E-state index contributed by atoms with van der Waals surface area (Å²) >= 11 is 0. The van der Waals surface area contributed by atoms with Crippen LogP contribution in [0.2, 0.25) is 0 Å². The Morgan fingerprint density at radius 3 is 3.04 bits per heavy atom. The van der Waals surface area contributed by atoms with Crippen molar-refractivity contribution in [3.05, 3.63) is 47.5 Å². The van der Waals surface area contributed by atoms with Crippen molar-refractivity contribution in [2.45, 2.75) is 25.5 Å². The number of aromatic nitrogens is 2. The van der Waals surface area contributed by atoms with Crippen LogP contribution in [-0.2, 0) is 11.3 Å². The molecule has 3 heterocycles. The van der Waals surface area contributed by atoms with Crippen LogP contribution in [0.5, 0.6) is 11.5 Å². The smallest absolute Gasteiger partial charge is 0.251 e. The number of nitrogens with one attached hydrogen (secondary N) is 1. The van der Waals surface area contributed by atoms with Crippen LogP contribution < -0.4 is 14.8 Å². The fourth-order valence-corrected chi connectivity index (χ4v) is 2.76. The van der Waals surface area contributed by atoms with E-state index >= 15 is 0 Å². The summed E-state index contributed by atoms with van der Waals surface area (Å²) in [6.45, 7) is 1.27. The Labute approximate surface area is 139 Å². The Morgan fingerprint density at radius 2 is 2.17 bits per heavy atom. The summed E-state index contributed by atoms with van der Waals surface area (Å²) in [7, 11) is 0. The van der Waals surface area contributed by atoms with Gasteiger partial charge in [0.25, 0.3) is 5.91 Å². The summed E-state index contributed by atoms with van der Waals surface area (Å²) in [5.41, 5.74) is 1.28. The molecule has 0 aliphatic carbocycles. The van der Waals surface area contributed by atoms with Gasteiger partial charge in [0.1, 0.15) is 6.10 Å². The number of carbonyl (C=O) groups excluding carboxylic acids is 1. The standard InChI is InChI=1S/C17H17N3O4/c21-17(11-3-4-13-15(8-11)24-10-23-13)19-9-12-5-6-18-16(20-12)14-2-1-7-22-14/h3-6,8,14H,1-2,7,9-10H2,(H,19,21). The number of carbonyl (C=O) groups is 1. The first-order valence-corrected chi connectivity index (χ1v) is 7.91. The van der Waals surface area contributed by atoms with Gasteiger partial charge in [-0.2, -0.15) is 0 Å². The van der Waals surface area contributed by atoms with Gasteiger partial charge in [0, 0.05) is 18.4 Å². The van der Waals surface area contributed by atoms with E-state index in [2.05, 4.69) is 15.3 Å². The number of hydrogen-bond donors (Lipinski definition) is 1. The molecule has 124 valence electrons. The van der Waals surface area contributed by atoms with Crippen molar-refractivity contribution in [3.63, 3.8) is 0 Å². The fourth-order valence-electron chi connectivity index (χ4n) is 2.76. The third kappa shape index (κ3) is 3.03. The molecule has 1 amide bonds. The van der Waals surface area contributed by atoms with Gasteiger partial charge in [-0.15, -0.1) is 0 Å². The number of amides is 1. The van der Waals surface area contributed by atoms with Gasteiger partial charge in [-0.3, -0.25) is 4.79 Å². The summed E-state index contributed by atoms with van der Waals surface area (Å²) in [5, 5.41) is 2.86. The van der Waals surface area contributed by atoms with Crippen molar-refractivity contribution in [2.75, 3.05) is 13.4 Å². The topological polar surface area (TPSA) is 82.6 Å². The lowest BCUT2D eigenvalue weighted by molar-refractivity contribution is 0.0949. The average Bonchev–Trinajstić information content (AvgIpc) is 3.30. The molecule has 1 saturated heterocycles. The summed E-state index contributed by atoms with van der Waals surface area (Å²) in [4.78, 5) is 21.0. The Morgan fingerprint density at radius 1 is 1.25 bits per heavy atom. The highest BCUT2D eigenvalue weighted by atomic mass is 16.7. The molecule has 2 aliphatic heterocycles. The predicted molar refractivity (Wildman–Crippen MR) is 83.7 cm³/mol. The van der Waals surface area contributed by atoms with E-state index in [0.717, 1.165) is 25.1 Å². The lowest BCUT2D eigenvalue weighted by Gasteiger charge is -2.10. The lowest BCUT2D eigenvalue weighted by Crippen LogP contribution is -2.23. The number of ether oxygens (including phenoxy) is 3. The monoisotopic (exact) mass is 327 g/mol. The van der Waals surface area contributed by atoms with Gasteiger partial charge < -0.3 is 19.5 Å². The Hall–Kier alpha value is -2.67. The molecule has 1 aromatic carbocycles. The van der Waals surface area contributed by atoms with Crippen molar-refractivity contribution in [3.8, 4) is 11.5 Å². The first-order valence-electron chi connectivity index (χ1n) is 7.91. The molecule has 1 aromatic heterocycles. The van der Waals surface area contributed by atoms with Crippen LogP contribution in [0.4, 0.5) is 0 Å². The molecule has 1 N–H and O–H groups in total. The summed E-state index contributed by atoms with van der Waals surface area (Å²) in [6.07, 6.45) is 3.63. The molecule has 7 heteroatoms. The molecule has 2 aromatic rings. The Bertz CT molecular complexity index is 759. The number of hydrogen-bond acceptors (Lipinski definition) is 6. The third-order valence-electron chi connectivity index (χ3n) is 4.01. The Balaban J connectivity index is 1.41. The maximum atomic E-state index is 12.3. The predicted octanol–water partition coefficient (Wildman–Crippen LogP) is 1.99. The second-order valence-electron chi connectivity index (χ2n) is 5.66. The van der Waals surface area contributed by atoms with E-state index in [4.69, 9.17) is 14.2 Å². The van der Waals surface area contributed by atoms with E-state index < -0.39 is 0 Å². The van der Waals surface area contributed by atoms with Gasteiger partial charge in [-0.25, -0.2) is 9.97 Å². The minimum Gasteiger partial charge on any atom is -0.454 e. The van der Waals surface area contributed by atoms with Crippen LogP contribution in [0, 0.1) is 0 Å². The minimum atomic E-state index is -0.189. The first-order chi connectivity index (χ1) is 11.8. The molecule has 0 radical (unpaired) electrons. The van der Waals surface area contributed by atoms with E-state index in [0.29, 0.717) is 29.4 Å². The molecule has 0 saturated carbocycles. The molecule has 1 unspecified atom stereocenters. The SMILES string of the molecule is O=C(NCc1ccnc(C2CCCO2)n1)c1ccc2c(c1)OCO2. The van der Waals surface area contributed by atoms with Crippen molar-refractivity contribution < 1.29 is 19.0 Å². The van der Waals surface area contributed by atoms with Crippen molar-refractivity contribution >= 4 is 5.91 Å². The zero-order chi connectivity index (χ0) is 16.4. The zero-order valence-electron chi connectivity index (χ0n) is 13.0. The van der Waals surface area contributed by atoms with Crippen LogP contribution in [0.1, 0.15) is 40.8 Å². The quantitative estimate of drug-likeness (QED) is 0.925. The third-order valence-corrected chi connectivity index (χ3v) is 4.01. The lowest BCUT2D eigenvalue weighted by atomic mass is 10.2. The van der Waals surface area contributed by atoms with E-state index in [1.807, 2.05) is 0 Å². The number of fused-ring (bicyclic) bond motifs is 1. The number of nitrogens with zero attached hydrogens (tertiary/aromatic N) is 2. The van der Waals surface area contributed by atoms with E-state index in [9.17, 15) is 4.79 Å². The highest BCUT2D eigenvalue weighted by molar-refractivity contribution is 5.94. The Kier molecular flexibility index (Phi) is 4.00. The normalized spacial score (nSPS) is 18.6. The second kappa shape index (κ2) is 6.45. The van der Waals surface area contributed by atoms with Crippen molar-refractivity contribution in [2.24, 2.45) is 0 Å². The fraction of sp³-hybridized carbons (Fsp3) is 0.353. The van der Waals surface area contributed by atoms with Crippen LogP contribution in [-0.4, -0.2) is 29.3 Å². The van der Waals surface area contributed by atoms with Gasteiger partial charge in [-0.1, -0.05) is 0 Å². The molecule has 7 nitrogen and oxygen atoms in total. The molecule has 4 rings (SSSR count). The van der Waals surface area contributed by atoms with Crippen LogP contribution in [0.25, 0.3) is 0 Å². The zero-order valence-corrected chi connectivity index (χ0v) is 13.0. The largest absolute Gasteiger partial charge is 0.454 e. The van der Waals surface area contributed by atoms with Crippen molar-refractivity contribution in [1.82, 2.24) is 15.3 Å². The average molecular weight is 327 g/mol. The molecule has 24 heavy (non-hydrogen) atoms. The molecular weight excluding hydrogens is 310 g/mol. The van der Waals surface area contributed by atoms with Crippen LogP contribution in [0.3, 0.4) is 0 Å². The van der Waals surface area contributed by atoms with E-state index in [-0.39, 0.29) is 18.8 Å². The molecule has 0 bridgehead atoms. The van der Waals surface area contributed by atoms with E-state index in [1.54, 1.807) is 30.5 Å². The van der Waals surface area contributed by atoms with Gasteiger partial charge in [0.2, 0.25) is 6.79 Å². The van der Waals surface area contributed by atoms with Gasteiger partial charge in [-0.05, 0) is 37.1 Å². The van der Waals surface area contributed by atoms with Crippen LogP contribution >= 0.6 is 0 Å². The van der Waals surface area contributed by atoms with Crippen molar-refractivity contribution in [1.29, 1.82) is 0 Å². The molecule has 2 aliphatic rings. The van der Waals surface area contributed by atoms with Crippen LogP contribution in [0.15, 0.2) is 30.5 Å². The molecular formula is C17H17N3O4. The number of benzene rings is 1. The maximum Gasteiger partial charge on any atom is 0.251 e. The second-order valence-corrected chi connectivity index (χ2v) is 5.66. The summed E-state index contributed by atoms with van der Waals surface area (Å²) in [6, 6.07) is 6.91. The molecule has 1 fully saturated rings. The van der Waals surface area contributed by atoms with Gasteiger partial charge in [0.05, 0.1) is 12.2 Å². The van der Waals surface area contributed by atoms with Gasteiger partial charge in [0.15, 0.2) is 17.3 Å². The highest BCUT2D eigenvalue weighted by Gasteiger charge is 2.21. The van der Waals surface area contributed by atoms with E-state index in [1.165, 1.54) is 0 Å². The minimum absolute atomic E-state index is 0.0329. The van der Waals surface area contributed by atoms with Gasteiger partial charge >= 0.3 is 0 Å². The molecule has 0 spiro atoms. The highest BCUT2D eigenvalue weighted by Crippen LogP contribution is 2.32. The first kappa shape index (κ1) is 14.9. The number of rotatable bonds is 4. The summed E-state index contributed by atoms with van der Waals surface area (Å²) < 4.78 is 16.1. The summed E-state index contributed by atoms with van der Waals surface area (Å²) in [5.74, 6) is 1.74. The maximum absolute atomic E-state index is 12.3.